The number of nitrogens with one attached hydrogen (secondary N) is 2. The summed E-state index contributed by atoms with van der Waals surface area (Å²) < 4.78 is 0. The van der Waals surface area contributed by atoms with Crippen molar-refractivity contribution in [2.24, 2.45) is 0 Å². The van der Waals surface area contributed by atoms with Gasteiger partial charge in [0.2, 0.25) is 0 Å². The van der Waals surface area contributed by atoms with E-state index in [-0.39, 0.29) is 11.9 Å². The van der Waals surface area contributed by atoms with Crippen LogP contribution in [0, 0.1) is 0 Å². The molecule has 0 aliphatic carbocycles. The van der Waals surface area contributed by atoms with Gasteiger partial charge in [0, 0.05) is 16.8 Å². The molecule has 0 aliphatic rings. The molecule has 0 aromatic heterocycles. The molecule has 3 aromatic carbocycles. The number of carbonyl (C=O) groups excluding carboxylic acids is 1. The van der Waals surface area contributed by atoms with E-state index in [2.05, 4.69) is 36.6 Å². The van der Waals surface area contributed by atoms with Crippen LogP contribution in [0.25, 0.3) is 0 Å². The summed E-state index contributed by atoms with van der Waals surface area (Å²) in [5.74, 6) is 0.0144. The second kappa shape index (κ2) is 8.27. The van der Waals surface area contributed by atoms with Gasteiger partial charge in [-0.15, -0.1) is 0 Å². The van der Waals surface area contributed by atoms with Crippen molar-refractivity contribution >= 4 is 11.6 Å². The molecule has 3 heteroatoms. The number of hydrogen-bond donors (Lipinski definition) is 2. The van der Waals surface area contributed by atoms with Gasteiger partial charge in [-0.25, -0.2) is 0 Å². The van der Waals surface area contributed by atoms with E-state index >= 15 is 0 Å². The number of amides is 1. The summed E-state index contributed by atoms with van der Waals surface area (Å²) in [5, 5.41) is 2.97. The Kier molecular flexibility index (Phi) is 5.60. The SMILES string of the molecule is C[NH+](CC(=O)Nc1ccccc1)C(c1ccccc1)c1ccccc1. The fourth-order valence-electron chi connectivity index (χ4n) is 3.13. The fourth-order valence-corrected chi connectivity index (χ4v) is 3.13. The van der Waals surface area contributed by atoms with Crippen LogP contribution in [-0.4, -0.2) is 19.5 Å². The Bertz CT molecular complexity index is 749. The van der Waals surface area contributed by atoms with E-state index < -0.39 is 0 Å². The van der Waals surface area contributed by atoms with E-state index in [0.29, 0.717) is 6.54 Å². The first-order chi connectivity index (χ1) is 12.2. The van der Waals surface area contributed by atoms with Gasteiger partial charge in [0.15, 0.2) is 6.54 Å². The quantitative estimate of drug-likeness (QED) is 0.715. The number of likely N-dealkylation sites (N-methyl/N-ethyl adjacent to an activating group) is 1. The molecular weight excluding hydrogens is 308 g/mol. The number of hydrogen-bond acceptors (Lipinski definition) is 1. The Balaban J connectivity index is 1.78. The predicted octanol–water partition coefficient (Wildman–Crippen LogP) is 2.93. The molecule has 3 aromatic rings. The second-order valence-electron chi connectivity index (χ2n) is 6.19. The third kappa shape index (κ3) is 4.55. The molecular formula is C22H23N2O+. The van der Waals surface area contributed by atoms with Gasteiger partial charge in [-0.2, -0.15) is 0 Å². The molecule has 1 unspecified atom stereocenters. The average Bonchev–Trinajstić information content (AvgIpc) is 2.64. The van der Waals surface area contributed by atoms with Gasteiger partial charge in [0.05, 0.1) is 7.05 Å². The van der Waals surface area contributed by atoms with E-state index in [4.69, 9.17) is 0 Å². The van der Waals surface area contributed by atoms with Gasteiger partial charge >= 0.3 is 0 Å². The molecule has 0 heterocycles. The zero-order chi connectivity index (χ0) is 17.5. The summed E-state index contributed by atoms with van der Waals surface area (Å²) >= 11 is 0. The maximum Gasteiger partial charge on any atom is 0.279 e. The molecule has 0 spiro atoms. The third-order valence-corrected chi connectivity index (χ3v) is 4.26. The van der Waals surface area contributed by atoms with E-state index in [1.54, 1.807) is 0 Å². The lowest BCUT2D eigenvalue weighted by atomic mass is 9.97. The maximum atomic E-state index is 12.5. The average molecular weight is 331 g/mol. The zero-order valence-corrected chi connectivity index (χ0v) is 14.4. The van der Waals surface area contributed by atoms with Crippen LogP contribution >= 0.6 is 0 Å². The van der Waals surface area contributed by atoms with Crippen LogP contribution < -0.4 is 10.2 Å². The summed E-state index contributed by atoms with van der Waals surface area (Å²) in [7, 11) is 2.06. The summed E-state index contributed by atoms with van der Waals surface area (Å²) in [6.45, 7) is 0.392. The Hall–Kier alpha value is -2.91. The van der Waals surface area contributed by atoms with Crippen molar-refractivity contribution in [1.29, 1.82) is 0 Å². The molecule has 0 aliphatic heterocycles. The minimum absolute atomic E-state index is 0.0144. The van der Waals surface area contributed by atoms with Crippen molar-refractivity contribution in [3.63, 3.8) is 0 Å². The lowest BCUT2D eigenvalue weighted by Gasteiger charge is -2.25. The van der Waals surface area contributed by atoms with Gasteiger partial charge in [-0.1, -0.05) is 78.9 Å². The van der Waals surface area contributed by atoms with Crippen LogP contribution in [0.5, 0.6) is 0 Å². The normalized spacial score (nSPS) is 11.9. The molecule has 25 heavy (non-hydrogen) atoms. The van der Waals surface area contributed by atoms with Crippen molar-refractivity contribution in [2.45, 2.75) is 6.04 Å². The molecule has 1 atom stereocenters. The van der Waals surface area contributed by atoms with Gasteiger partial charge in [-0.3, -0.25) is 4.79 Å². The van der Waals surface area contributed by atoms with Crippen molar-refractivity contribution < 1.29 is 9.69 Å². The highest BCUT2D eigenvalue weighted by atomic mass is 16.2. The van der Waals surface area contributed by atoms with Crippen LogP contribution in [0.4, 0.5) is 5.69 Å². The first-order valence-corrected chi connectivity index (χ1v) is 8.51. The van der Waals surface area contributed by atoms with Crippen LogP contribution in [-0.2, 0) is 4.79 Å². The zero-order valence-electron chi connectivity index (χ0n) is 14.4. The number of anilines is 1. The first kappa shape index (κ1) is 16.9. The maximum absolute atomic E-state index is 12.5. The fraction of sp³-hybridized carbons (Fsp3) is 0.136. The highest BCUT2D eigenvalue weighted by molar-refractivity contribution is 5.91. The Morgan fingerprint density at radius 1 is 0.800 bits per heavy atom. The lowest BCUT2D eigenvalue weighted by Crippen LogP contribution is -3.10. The minimum Gasteiger partial charge on any atom is -0.321 e. The molecule has 2 N–H and O–H groups in total. The minimum atomic E-state index is 0.0144. The number of carbonyl (C=O) groups is 1. The largest absolute Gasteiger partial charge is 0.321 e. The lowest BCUT2D eigenvalue weighted by molar-refractivity contribution is -0.897. The number of para-hydroxylation sites is 1. The predicted molar refractivity (Wildman–Crippen MR) is 102 cm³/mol. The van der Waals surface area contributed by atoms with Crippen molar-refractivity contribution in [1.82, 2.24) is 0 Å². The van der Waals surface area contributed by atoms with Crippen LogP contribution in [0.3, 0.4) is 0 Å². The summed E-state index contributed by atoms with van der Waals surface area (Å²) in [6.07, 6.45) is 0. The molecule has 3 rings (SSSR count). The van der Waals surface area contributed by atoms with E-state index in [1.165, 1.54) is 11.1 Å². The Labute approximate surface area is 148 Å². The number of quaternary nitrogens is 1. The topological polar surface area (TPSA) is 33.5 Å². The number of rotatable bonds is 6. The number of benzene rings is 3. The summed E-state index contributed by atoms with van der Waals surface area (Å²) in [4.78, 5) is 13.6. The van der Waals surface area contributed by atoms with E-state index in [1.807, 2.05) is 66.7 Å². The van der Waals surface area contributed by atoms with E-state index in [9.17, 15) is 4.79 Å². The molecule has 0 radical (unpaired) electrons. The van der Waals surface area contributed by atoms with Crippen LogP contribution in [0.15, 0.2) is 91.0 Å². The van der Waals surface area contributed by atoms with Gasteiger partial charge < -0.3 is 10.2 Å². The van der Waals surface area contributed by atoms with Crippen LogP contribution in [0.2, 0.25) is 0 Å². The molecule has 0 saturated heterocycles. The molecule has 1 amide bonds. The molecule has 3 nitrogen and oxygen atoms in total. The highest BCUT2D eigenvalue weighted by Gasteiger charge is 2.24. The first-order valence-electron chi connectivity index (χ1n) is 8.51. The standard InChI is InChI=1S/C22H22N2O/c1-24(17-21(25)23-20-15-9-4-10-16-20)22(18-11-5-2-6-12-18)19-13-7-3-8-14-19/h2-16,22H,17H2,1H3,(H,23,25)/p+1. The molecule has 126 valence electrons. The van der Waals surface area contributed by atoms with Crippen molar-refractivity contribution in [2.75, 3.05) is 18.9 Å². The Morgan fingerprint density at radius 3 is 1.72 bits per heavy atom. The third-order valence-electron chi connectivity index (χ3n) is 4.26. The van der Waals surface area contributed by atoms with Crippen molar-refractivity contribution in [3.05, 3.63) is 102 Å². The van der Waals surface area contributed by atoms with Gasteiger partial charge in [0.1, 0.15) is 6.04 Å². The molecule has 0 fully saturated rings. The monoisotopic (exact) mass is 331 g/mol. The summed E-state index contributed by atoms with van der Waals surface area (Å²) in [6, 6.07) is 30.4. The van der Waals surface area contributed by atoms with Gasteiger partial charge in [0.25, 0.3) is 5.91 Å². The van der Waals surface area contributed by atoms with E-state index in [0.717, 1.165) is 10.6 Å². The molecule has 0 bridgehead atoms. The van der Waals surface area contributed by atoms with Crippen LogP contribution in [0.1, 0.15) is 17.2 Å². The van der Waals surface area contributed by atoms with Crippen molar-refractivity contribution in [3.8, 4) is 0 Å². The molecule has 0 saturated carbocycles. The second-order valence-corrected chi connectivity index (χ2v) is 6.19. The highest BCUT2D eigenvalue weighted by Crippen LogP contribution is 2.18. The smallest absolute Gasteiger partial charge is 0.279 e. The summed E-state index contributed by atoms with van der Waals surface area (Å²) in [5.41, 5.74) is 3.24. The Morgan fingerprint density at radius 2 is 1.24 bits per heavy atom. The van der Waals surface area contributed by atoms with Gasteiger partial charge in [-0.05, 0) is 12.1 Å².